The monoisotopic (exact) mass is 339 g/mol. The molecule has 6 nitrogen and oxygen atoms in total. The average molecular weight is 339 g/mol. The predicted octanol–water partition coefficient (Wildman–Crippen LogP) is 2.76. The topological polar surface area (TPSA) is 65.4 Å². The Balaban J connectivity index is 1.53. The number of nitrogens with zero attached hydrogens (tertiary/aromatic N) is 2. The van der Waals surface area contributed by atoms with Gasteiger partial charge in [0, 0.05) is 18.4 Å². The van der Waals surface area contributed by atoms with E-state index in [0.717, 1.165) is 28.0 Å². The number of fused-ring (bicyclic) bond motifs is 1. The number of hydrogen-bond acceptors (Lipinski definition) is 4. The molecular formula is C19H21N3O3. The fraction of sp³-hybridized carbons (Fsp3) is 0.263. The Morgan fingerprint density at radius 3 is 2.52 bits per heavy atom. The highest BCUT2D eigenvalue weighted by Crippen LogP contribution is 2.20. The minimum Gasteiger partial charge on any atom is -0.497 e. The van der Waals surface area contributed by atoms with E-state index in [2.05, 4.69) is 10.4 Å². The van der Waals surface area contributed by atoms with Crippen LogP contribution in [0.2, 0.25) is 0 Å². The van der Waals surface area contributed by atoms with Gasteiger partial charge in [-0.3, -0.25) is 9.48 Å². The van der Waals surface area contributed by atoms with Gasteiger partial charge in [-0.05, 0) is 35.9 Å². The molecule has 0 fully saturated rings. The predicted molar refractivity (Wildman–Crippen MR) is 95.7 cm³/mol. The normalized spacial score (nSPS) is 10.6. The lowest BCUT2D eigenvalue weighted by Crippen LogP contribution is -2.24. The van der Waals surface area contributed by atoms with Crippen molar-refractivity contribution in [2.75, 3.05) is 14.2 Å². The van der Waals surface area contributed by atoms with E-state index in [9.17, 15) is 4.79 Å². The van der Waals surface area contributed by atoms with Crippen LogP contribution in [0.15, 0.2) is 48.7 Å². The maximum absolute atomic E-state index is 12.1. The summed E-state index contributed by atoms with van der Waals surface area (Å²) in [5, 5.41) is 8.27. The molecular weight excluding hydrogens is 318 g/mol. The minimum atomic E-state index is -0.00650. The van der Waals surface area contributed by atoms with Crippen LogP contribution in [0.5, 0.6) is 11.5 Å². The van der Waals surface area contributed by atoms with Crippen LogP contribution >= 0.6 is 0 Å². The zero-order valence-electron chi connectivity index (χ0n) is 14.4. The molecule has 1 amide bonds. The van der Waals surface area contributed by atoms with Crippen molar-refractivity contribution < 1.29 is 14.3 Å². The van der Waals surface area contributed by atoms with E-state index >= 15 is 0 Å². The average Bonchev–Trinajstić information content (AvgIpc) is 3.07. The Morgan fingerprint density at radius 2 is 1.80 bits per heavy atom. The van der Waals surface area contributed by atoms with Gasteiger partial charge in [0.15, 0.2) is 0 Å². The van der Waals surface area contributed by atoms with Crippen LogP contribution < -0.4 is 14.8 Å². The van der Waals surface area contributed by atoms with E-state index in [4.69, 9.17) is 9.47 Å². The van der Waals surface area contributed by atoms with E-state index in [1.54, 1.807) is 20.4 Å². The molecule has 0 aliphatic carbocycles. The lowest BCUT2D eigenvalue weighted by molar-refractivity contribution is -0.121. The molecule has 1 heterocycles. The van der Waals surface area contributed by atoms with Crippen molar-refractivity contribution in [3.05, 3.63) is 54.2 Å². The second-order valence-electron chi connectivity index (χ2n) is 5.67. The van der Waals surface area contributed by atoms with Crippen LogP contribution in [-0.4, -0.2) is 29.9 Å². The van der Waals surface area contributed by atoms with E-state index in [-0.39, 0.29) is 5.91 Å². The summed E-state index contributed by atoms with van der Waals surface area (Å²) in [5.74, 6) is 1.59. The first-order valence-corrected chi connectivity index (χ1v) is 8.09. The van der Waals surface area contributed by atoms with E-state index in [1.807, 2.05) is 47.1 Å². The lowest BCUT2D eigenvalue weighted by atomic mass is 10.2. The van der Waals surface area contributed by atoms with Crippen LogP contribution in [0.3, 0.4) is 0 Å². The fourth-order valence-electron chi connectivity index (χ4n) is 2.61. The highest BCUT2D eigenvalue weighted by Gasteiger charge is 2.07. The number of aryl methyl sites for hydroxylation is 1. The Kier molecular flexibility index (Phi) is 5.18. The van der Waals surface area contributed by atoms with Crippen molar-refractivity contribution in [2.24, 2.45) is 0 Å². The summed E-state index contributed by atoms with van der Waals surface area (Å²) in [6.45, 7) is 1.03. The SMILES string of the molecule is COc1ccc(CNC(=O)CCn2ncc3cc(OC)ccc32)cc1. The lowest BCUT2D eigenvalue weighted by Gasteiger charge is -2.07. The molecule has 0 unspecified atom stereocenters. The van der Waals surface area contributed by atoms with Crippen molar-refractivity contribution in [3.63, 3.8) is 0 Å². The molecule has 0 saturated carbocycles. The van der Waals surface area contributed by atoms with E-state index < -0.39 is 0 Å². The quantitative estimate of drug-likeness (QED) is 0.719. The maximum atomic E-state index is 12.1. The summed E-state index contributed by atoms with van der Waals surface area (Å²) in [7, 11) is 3.27. The summed E-state index contributed by atoms with van der Waals surface area (Å²) >= 11 is 0. The standard InChI is InChI=1S/C19H21N3O3/c1-24-16-5-3-14(4-6-16)12-20-19(23)9-10-22-18-8-7-17(25-2)11-15(18)13-21-22/h3-8,11,13H,9-10,12H2,1-2H3,(H,20,23). The Bertz CT molecular complexity index is 856. The molecule has 0 aliphatic heterocycles. The van der Waals surface area contributed by atoms with Crippen molar-refractivity contribution in [1.82, 2.24) is 15.1 Å². The molecule has 0 spiro atoms. The summed E-state index contributed by atoms with van der Waals surface area (Å²) in [5.41, 5.74) is 2.02. The molecule has 6 heteroatoms. The van der Waals surface area contributed by atoms with Gasteiger partial charge in [-0.25, -0.2) is 0 Å². The fourth-order valence-corrected chi connectivity index (χ4v) is 2.61. The molecule has 0 saturated heterocycles. The first kappa shape index (κ1) is 16.8. The first-order valence-electron chi connectivity index (χ1n) is 8.09. The number of ether oxygens (including phenoxy) is 2. The molecule has 25 heavy (non-hydrogen) atoms. The third-order valence-electron chi connectivity index (χ3n) is 4.05. The number of methoxy groups -OCH3 is 2. The third kappa shape index (κ3) is 4.09. The molecule has 3 aromatic rings. The van der Waals surface area contributed by atoms with Crippen molar-refractivity contribution in [2.45, 2.75) is 19.5 Å². The maximum Gasteiger partial charge on any atom is 0.222 e. The van der Waals surface area contributed by atoms with Gasteiger partial charge in [-0.15, -0.1) is 0 Å². The minimum absolute atomic E-state index is 0.00650. The van der Waals surface area contributed by atoms with Crippen molar-refractivity contribution >= 4 is 16.8 Å². The molecule has 0 radical (unpaired) electrons. The van der Waals surface area contributed by atoms with Crippen LogP contribution in [0.1, 0.15) is 12.0 Å². The van der Waals surface area contributed by atoms with Gasteiger partial charge < -0.3 is 14.8 Å². The Labute approximate surface area is 146 Å². The number of nitrogens with one attached hydrogen (secondary N) is 1. The zero-order valence-corrected chi connectivity index (χ0v) is 14.4. The van der Waals surface area contributed by atoms with Crippen LogP contribution in [0.25, 0.3) is 10.9 Å². The summed E-state index contributed by atoms with van der Waals surface area (Å²) < 4.78 is 12.2. The highest BCUT2D eigenvalue weighted by molar-refractivity contribution is 5.80. The van der Waals surface area contributed by atoms with E-state index in [0.29, 0.717) is 19.5 Å². The van der Waals surface area contributed by atoms with Gasteiger partial charge >= 0.3 is 0 Å². The number of benzene rings is 2. The number of amides is 1. The third-order valence-corrected chi connectivity index (χ3v) is 4.05. The molecule has 0 bridgehead atoms. The molecule has 0 aliphatic rings. The van der Waals surface area contributed by atoms with E-state index in [1.165, 1.54) is 0 Å². The van der Waals surface area contributed by atoms with Gasteiger partial charge in [0.05, 0.1) is 32.5 Å². The Morgan fingerprint density at radius 1 is 1.08 bits per heavy atom. The molecule has 1 N–H and O–H groups in total. The van der Waals surface area contributed by atoms with Gasteiger partial charge in [0.25, 0.3) is 0 Å². The summed E-state index contributed by atoms with van der Waals surface area (Å²) in [6, 6.07) is 13.4. The molecule has 130 valence electrons. The van der Waals surface area contributed by atoms with Gasteiger partial charge in [0.1, 0.15) is 11.5 Å². The molecule has 3 rings (SSSR count). The van der Waals surface area contributed by atoms with Crippen LogP contribution in [0.4, 0.5) is 0 Å². The van der Waals surface area contributed by atoms with Crippen LogP contribution in [0, 0.1) is 0 Å². The smallest absolute Gasteiger partial charge is 0.222 e. The highest BCUT2D eigenvalue weighted by atomic mass is 16.5. The number of aromatic nitrogens is 2. The van der Waals surface area contributed by atoms with Gasteiger partial charge in [-0.1, -0.05) is 12.1 Å². The number of rotatable bonds is 7. The second kappa shape index (κ2) is 7.70. The van der Waals surface area contributed by atoms with Gasteiger partial charge in [-0.2, -0.15) is 5.10 Å². The van der Waals surface area contributed by atoms with Gasteiger partial charge in [0.2, 0.25) is 5.91 Å². The molecule has 1 aromatic heterocycles. The molecule has 2 aromatic carbocycles. The number of hydrogen-bond donors (Lipinski definition) is 1. The zero-order chi connectivity index (χ0) is 17.6. The summed E-state index contributed by atoms with van der Waals surface area (Å²) in [4.78, 5) is 12.1. The van der Waals surface area contributed by atoms with Crippen molar-refractivity contribution in [3.8, 4) is 11.5 Å². The largest absolute Gasteiger partial charge is 0.497 e. The summed E-state index contributed by atoms with van der Waals surface area (Å²) in [6.07, 6.45) is 2.16. The second-order valence-corrected chi connectivity index (χ2v) is 5.67. The Hall–Kier alpha value is -3.02. The van der Waals surface area contributed by atoms with Crippen LogP contribution in [-0.2, 0) is 17.9 Å². The molecule has 0 atom stereocenters. The first-order chi connectivity index (χ1) is 12.2. The number of carbonyl (C=O) groups is 1. The number of carbonyl (C=O) groups excluding carboxylic acids is 1. The van der Waals surface area contributed by atoms with Crippen molar-refractivity contribution in [1.29, 1.82) is 0 Å².